The molecule has 1 aliphatic carbocycles. The largest absolute Gasteiger partial charge is 0.382 e. The van der Waals surface area contributed by atoms with Crippen LogP contribution in [0.4, 0.5) is 0 Å². The van der Waals surface area contributed by atoms with E-state index in [2.05, 4.69) is 12.2 Å². The Bertz CT molecular complexity index is 172. The van der Waals surface area contributed by atoms with Gasteiger partial charge < -0.3 is 19.5 Å². The molecule has 0 bridgehead atoms. The molecule has 0 atom stereocenters. The van der Waals surface area contributed by atoms with Crippen molar-refractivity contribution < 1.29 is 14.2 Å². The van der Waals surface area contributed by atoms with Crippen LogP contribution in [-0.4, -0.2) is 52.2 Å². The predicted molar refractivity (Wildman–Crippen MR) is 68.4 cm³/mol. The van der Waals surface area contributed by atoms with Crippen LogP contribution < -0.4 is 5.32 Å². The summed E-state index contributed by atoms with van der Waals surface area (Å²) in [6.07, 6.45) is 5.17. The molecule has 0 aromatic heterocycles. The lowest BCUT2D eigenvalue weighted by Gasteiger charge is -2.35. The summed E-state index contributed by atoms with van der Waals surface area (Å²) in [7, 11) is 1.70. The maximum atomic E-state index is 5.52. The fraction of sp³-hybridized carbons (Fsp3) is 1.00. The first-order chi connectivity index (χ1) is 8.36. The first-order valence-corrected chi connectivity index (χ1v) is 6.78. The highest BCUT2D eigenvalue weighted by molar-refractivity contribution is 4.85. The van der Waals surface area contributed by atoms with Crippen LogP contribution in [0.5, 0.6) is 0 Å². The number of rotatable bonds is 11. The second kappa shape index (κ2) is 9.83. The van der Waals surface area contributed by atoms with Gasteiger partial charge in [-0.25, -0.2) is 0 Å². The predicted octanol–water partition coefficient (Wildman–Crippen LogP) is 1.59. The summed E-state index contributed by atoms with van der Waals surface area (Å²) in [5.74, 6) is 0. The van der Waals surface area contributed by atoms with Gasteiger partial charge in [0.2, 0.25) is 0 Å². The summed E-state index contributed by atoms with van der Waals surface area (Å²) in [4.78, 5) is 0. The number of hydrogen-bond acceptors (Lipinski definition) is 4. The maximum Gasteiger partial charge on any atom is 0.0700 e. The van der Waals surface area contributed by atoms with Crippen LogP contribution in [0, 0.1) is 0 Å². The van der Waals surface area contributed by atoms with Crippen molar-refractivity contribution in [2.45, 2.75) is 44.8 Å². The average Bonchev–Trinajstić information content (AvgIpc) is 2.28. The van der Waals surface area contributed by atoms with Gasteiger partial charge in [-0.1, -0.05) is 0 Å². The normalized spacial score (nSPS) is 23.6. The number of methoxy groups -OCH3 is 1. The van der Waals surface area contributed by atoms with Crippen molar-refractivity contribution in [3.63, 3.8) is 0 Å². The molecule has 0 spiro atoms. The summed E-state index contributed by atoms with van der Waals surface area (Å²) in [5.41, 5.74) is 0. The summed E-state index contributed by atoms with van der Waals surface area (Å²) in [6, 6.07) is 0.681. The fourth-order valence-electron chi connectivity index (χ4n) is 1.98. The molecule has 0 aromatic rings. The molecule has 1 saturated carbocycles. The van der Waals surface area contributed by atoms with Gasteiger partial charge in [-0.3, -0.25) is 0 Å². The SMILES string of the molecule is CCOC1CC(NCCCCOCCOC)C1. The molecule has 0 aromatic carbocycles. The molecule has 102 valence electrons. The van der Waals surface area contributed by atoms with E-state index in [1.165, 1.54) is 19.3 Å². The smallest absolute Gasteiger partial charge is 0.0700 e. The minimum Gasteiger partial charge on any atom is -0.382 e. The highest BCUT2D eigenvalue weighted by atomic mass is 16.5. The molecule has 1 aliphatic rings. The van der Waals surface area contributed by atoms with Gasteiger partial charge in [0.25, 0.3) is 0 Å². The van der Waals surface area contributed by atoms with Crippen molar-refractivity contribution in [2.24, 2.45) is 0 Å². The number of nitrogens with one attached hydrogen (secondary N) is 1. The van der Waals surface area contributed by atoms with Gasteiger partial charge in [0, 0.05) is 26.4 Å². The van der Waals surface area contributed by atoms with E-state index < -0.39 is 0 Å². The van der Waals surface area contributed by atoms with Crippen LogP contribution in [-0.2, 0) is 14.2 Å². The molecular formula is C13H27NO3. The van der Waals surface area contributed by atoms with Crippen molar-refractivity contribution >= 4 is 0 Å². The molecule has 4 heteroatoms. The standard InChI is InChI=1S/C13H27NO3/c1-3-17-13-10-12(11-13)14-6-4-5-7-16-9-8-15-2/h12-14H,3-11H2,1-2H3. The van der Waals surface area contributed by atoms with Crippen LogP contribution in [0.15, 0.2) is 0 Å². The van der Waals surface area contributed by atoms with Gasteiger partial charge in [0.15, 0.2) is 0 Å². The highest BCUT2D eigenvalue weighted by Crippen LogP contribution is 2.22. The fourth-order valence-corrected chi connectivity index (χ4v) is 1.98. The number of hydrogen-bond donors (Lipinski definition) is 1. The van der Waals surface area contributed by atoms with Crippen LogP contribution in [0.2, 0.25) is 0 Å². The molecule has 0 aliphatic heterocycles. The average molecular weight is 245 g/mol. The Balaban J connectivity index is 1.74. The van der Waals surface area contributed by atoms with Crippen molar-refractivity contribution in [1.82, 2.24) is 5.32 Å². The lowest BCUT2D eigenvalue weighted by molar-refractivity contribution is -0.00990. The van der Waals surface area contributed by atoms with Gasteiger partial charge in [-0.15, -0.1) is 0 Å². The second-order valence-electron chi connectivity index (χ2n) is 4.51. The summed E-state index contributed by atoms with van der Waals surface area (Å²) in [5, 5.41) is 3.55. The zero-order valence-corrected chi connectivity index (χ0v) is 11.2. The number of ether oxygens (including phenoxy) is 3. The van der Waals surface area contributed by atoms with E-state index in [0.29, 0.717) is 25.4 Å². The Kier molecular flexibility index (Phi) is 8.61. The van der Waals surface area contributed by atoms with Gasteiger partial charge >= 0.3 is 0 Å². The quantitative estimate of drug-likeness (QED) is 0.561. The molecule has 0 radical (unpaired) electrons. The Morgan fingerprint density at radius 2 is 1.94 bits per heavy atom. The molecular weight excluding hydrogens is 218 g/mol. The van der Waals surface area contributed by atoms with Crippen molar-refractivity contribution in [1.29, 1.82) is 0 Å². The highest BCUT2D eigenvalue weighted by Gasteiger charge is 2.28. The zero-order valence-electron chi connectivity index (χ0n) is 11.2. The second-order valence-corrected chi connectivity index (χ2v) is 4.51. The lowest BCUT2D eigenvalue weighted by atomic mass is 9.89. The van der Waals surface area contributed by atoms with E-state index in [1.54, 1.807) is 7.11 Å². The molecule has 4 nitrogen and oxygen atoms in total. The van der Waals surface area contributed by atoms with E-state index in [4.69, 9.17) is 14.2 Å². The molecule has 1 fully saturated rings. The van der Waals surface area contributed by atoms with E-state index in [9.17, 15) is 0 Å². The molecule has 0 unspecified atom stereocenters. The molecule has 0 saturated heterocycles. The number of unbranched alkanes of at least 4 members (excludes halogenated alkanes) is 1. The van der Waals surface area contributed by atoms with Crippen molar-refractivity contribution in [3.05, 3.63) is 0 Å². The van der Waals surface area contributed by atoms with Crippen molar-refractivity contribution in [2.75, 3.05) is 40.1 Å². The van der Waals surface area contributed by atoms with Crippen LogP contribution in [0.25, 0.3) is 0 Å². The molecule has 1 N–H and O–H groups in total. The van der Waals surface area contributed by atoms with Crippen molar-refractivity contribution in [3.8, 4) is 0 Å². The van der Waals surface area contributed by atoms with Gasteiger partial charge in [0.05, 0.1) is 19.3 Å². The topological polar surface area (TPSA) is 39.7 Å². The Morgan fingerprint density at radius 1 is 1.12 bits per heavy atom. The van der Waals surface area contributed by atoms with E-state index >= 15 is 0 Å². The van der Waals surface area contributed by atoms with E-state index in [1.807, 2.05) is 0 Å². The summed E-state index contributed by atoms with van der Waals surface area (Å²) in [6.45, 7) is 6.25. The molecule has 17 heavy (non-hydrogen) atoms. The minimum atomic E-state index is 0.509. The van der Waals surface area contributed by atoms with E-state index in [0.717, 1.165) is 26.2 Å². The maximum absolute atomic E-state index is 5.52. The van der Waals surface area contributed by atoms with Crippen LogP contribution >= 0.6 is 0 Å². The monoisotopic (exact) mass is 245 g/mol. The van der Waals surface area contributed by atoms with Gasteiger partial charge in [0.1, 0.15) is 0 Å². The van der Waals surface area contributed by atoms with Gasteiger partial charge in [-0.2, -0.15) is 0 Å². The lowest BCUT2D eigenvalue weighted by Crippen LogP contribution is -2.45. The van der Waals surface area contributed by atoms with Crippen LogP contribution in [0.3, 0.4) is 0 Å². The Hall–Kier alpha value is -0.160. The summed E-state index contributed by atoms with van der Waals surface area (Å²) >= 11 is 0. The third kappa shape index (κ3) is 6.99. The van der Waals surface area contributed by atoms with Crippen LogP contribution in [0.1, 0.15) is 32.6 Å². The Morgan fingerprint density at radius 3 is 2.65 bits per heavy atom. The van der Waals surface area contributed by atoms with Gasteiger partial charge in [-0.05, 0) is 39.2 Å². The molecule has 0 amide bonds. The third-order valence-electron chi connectivity index (χ3n) is 3.08. The molecule has 0 heterocycles. The summed E-state index contributed by atoms with van der Waals surface area (Å²) < 4.78 is 15.8. The minimum absolute atomic E-state index is 0.509. The van der Waals surface area contributed by atoms with E-state index in [-0.39, 0.29) is 0 Å². The first-order valence-electron chi connectivity index (χ1n) is 6.78. The molecule has 1 rings (SSSR count). The Labute approximate surface area is 105 Å². The first kappa shape index (κ1) is 14.9. The zero-order chi connectivity index (χ0) is 12.3. The third-order valence-corrected chi connectivity index (χ3v) is 3.08.